The van der Waals surface area contributed by atoms with Crippen molar-refractivity contribution in [3.05, 3.63) is 16.1 Å². The quantitative estimate of drug-likeness (QED) is 0.789. The maximum absolute atomic E-state index is 5.47. The van der Waals surface area contributed by atoms with Crippen molar-refractivity contribution in [2.24, 2.45) is 0 Å². The molecule has 4 heteroatoms. The first-order valence-electron chi connectivity index (χ1n) is 5.04. The minimum absolute atomic E-state index is 0.125. The van der Waals surface area contributed by atoms with E-state index in [4.69, 9.17) is 4.74 Å². The number of aromatic nitrogens is 1. The molecule has 80 valence electrons. The van der Waals surface area contributed by atoms with E-state index >= 15 is 0 Å². The SMILES string of the molecule is CCNCc1cnc(C(C)OCC)s1. The van der Waals surface area contributed by atoms with Crippen LogP contribution in [0.4, 0.5) is 0 Å². The highest BCUT2D eigenvalue weighted by Gasteiger charge is 2.09. The Morgan fingerprint density at radius 1 is 1.57 bits per heavy atom. The Kier molecular flexibility index (Phi) is 5.07. The van der Waals surface area contributed by atoms with E-state index in [2.05, 4.69) is 17.2 Å². The van der Waals surface area contributed by atoms with Crippen LogP contribution in [-0.2, 0) is 11.3 Å². The molecule has 1 aromatic rings. The van der Waals surface area contributed by atoms with Crippen LogP contribution in [0.25, 0.3) is 0 Å². The van der Waals surface area contributed by atoms with Gasteiger partial charge >= 0.3 is 0 Å². The van der Waals surface area contributed by atoms with Crippen molar-refractivity contribution in [1.82, 2.24) is 10.3 Å². The summed E-state index contributed by atoms with van der Waals surface area (Å²) in [4.78, 5) is 5.61. The lowest BCUT2D eigenvalue weighted by Gasteiger charge is -2.06. The third-order valence-corrected chi connectivity index (χ3v) is 3.04. The summed E-state index contributed by atoms with van der Waals surface area (Å²) in [5.74, 6) is 0. The fraction of sp³-hybridized carbons (Fsp3) is 0.700. The van der Waals surface area contributed by atoms with Gasteiger partial charge in [-0.3, -0.25) is 0 Å². The summed E-state index contributed by atoms with van der Waals surface area (Å²) in [6, 6.07) is 0. The normalized spacial score (nSPS) is 13.1. The van der Waals surface area contributed by atoms with E-state index in [-0.39, 0.29) is 6.10 Å². The van der Waals surface area contributed by atoms with Crippen molar-refractivity contribution < 1.29 is 4.74 Å². The van der Waals surface area contributed by atoms with E-state index in [9.17, 15) is 0 Å². The fourth-order valence-electron chi connectivity index (χ4n) is 1.16. The number of nitrogens with one attached hydrogen (secondary N) is 1. The zero-order valence-electron chi connectivity index (χ0n) is 9.04. The van der Waals surface area contributed by atoms with Gasteiger partial charge in [-0.25, -0.2) is 4.98 Å². The molecule has 1 atom stereocenters. The van der Waals surface area contributed by atoms with Crippen molar-refractivity contribution >= 4 is 11.3 Å². The zero-order valence-corrected chi connectivity index (χ0v) is 9.86. The number of rotatable bonds is 6. The van der Waals surface area contributed by atoms with Gasteiger partial charge in [0.05, 0.1) is 0 Å². The standard InChI is InChI=1S/C10H18N2OS/c1-4-11-6-9-7-12-10(14-9)8(3)13-5-2/h7-8,11H,4-6H2,1-3H3. The van der Waals surface area contributed by atoms with Crippen molar-refractivity contribution in [2.45, 2.75) is 33.4 Å². The second-order valence-electron chi connectivity index (χ2n) is 3.04. The second kappa shape index (κ2) is 6.11. The molecule has 1 rings (SSSR count). The lowest BCUT2D eigenvalue weighted by molar-refractivity contribution is 0.0762. The zero-order chi connectivity index (χ0) is 10.4. The van der Waals surface area contributed by atoms with Crippen LogP contribution in [0.1, 0.15) is 36.8 Å². The Bertz CT molecular complexity index is 262. The summed E-state index contributed by atoms with van der Waals surface area (Å²) >= 11 is 1.72. The van der Waals surface area contributed by atoms with E-state index in [1.165, 1.54) is 4.88 Å². The molecule has 0 aliphatic heterocycles. The maximum atomic E-state index is 5.47. The maximum Gasteiger partial charge on any atom is 0.121 e. The lowest BCUT2D eigenvalue weighted by Crippen LogP contribution is -2.10. The highest BCUT2D eigenvalue weighted by molar-refractivity contribution is 7.11. The summed E-state index contributed by atoms with van der Waals surface area (Å²) in [6.45, 7) is 8.79. The lowest BCUT2D eigenvalue weighted by atomic mass is 10.4. The Hall–Kier alpha value is -0.450. The molecule has 0 fully saturated rings. The van der Waals surface area contributed by atoms with Crippen molar-refractivity contribution in [1.29, 1.82) is 0 Å². The summed E-state index contributed by atoms with van der Waals surface area (Å²) < 4.78 is 5.47. The minimum atomic E-state index is 0.125. The monoisotopic (exact) mass is 214 g/mol. The van der Waals surface area contributed by atoms with Gasteiger partial charge in [-0.1, -0.05) is 6.92 Å². The molecular formula is C10H18N2OS. The number of thiazole rings is 1. The van der Waals surface area contributed by atoms with Gasteiger partial charge in [0.2, 0.25) is 0 Å². The van der Waals surface area contributed by atoms with E-state index in [0.29, 0.717) is 0 Å². The molecule has 0 aromatic carbocycles. The van der Waals surface area contributed by atoms with Gasteiger partial charge in [0.25, 0.3) is 0 Å². The molecule has 3 nitrogen and oxygen atoms in total. The molecular weight excluding hydrogens is 196 g/mol. The fourth-order valence-corrected chi connectivity index (χ4v) is 2.05. The van der Waals surface area contributed by atoms with Crippen LogP contribution in [0.2, 0.25) is 0 Å². The molecule has 14 heavy (non-hydrogen) atoms. The molecule has 0 saturated carbocycles. The molecule has 0 spiro atoms. The molecule has 0 radical (unpaired) electrons. The van der Waals surface area contributed by atoms with Crippen LogP contribution < -0.4 is 5.32 Å². The van der Waals surface area contributed by atoms with Crippen LogP contribution in [0.15, 0.2) is 6.20 Å². The summed E-state index contributed by atoms with van der Waals surface area (Å²) in [6.07, 6.45) is 2.05. The first kappa shape index (κ1) is 11.6. The third kappa shape index (κ3) is 3.36. The summed E-state index contributed by atoms with van der Waals surface area (Å²) in [7, 11) is 0. The van der Waals surface area contributed by atoms with Crippen LogP contribution >= 0.6 is 11.3 Å². The highest BCUT2D eigenvalue weighted by atomic mass is 32.1. The third-order valence-electron chi connectivity index (χ3n) is 1.89. The molecule has 0 aliphatic carbocycles. The molecule has 0 amide bonds. The van der Waals surface area contributed by atoms with E-state index in [0.717, 1.165) is 24.7 Å². The van der Waals surface area contributed by atoms with Gasteiger partial charge < -0.3 is 10.1 Å². The highest BCUT2D eigenvalue weighted by Crippen LogP contribution is 2.22. The summed E-state index contributed by atoms with van der Waals surface area (Å²) in [5.41, 5.74) is 0. The Morgan fingerprint density at radius 2 is 2.36 bits per heavy atom. The Morgan fingerprint density at radius 3 is 3.00 bits per heavy atom. The van der Waals surface area contributed by atoms with E-state index in [1.807, 2.05) is 20.0 Å². The van der Waals surface area contributed by atoms with Gasteiger partial charge in [0.15, 0.2) is 0 Å². The number of hydrogen-bond donors (Lipinski definition) is 1. The van der Waals surface area contributed by atoms with Gasteiger partial charge in [-0.2, -0.15) is 0 Å². The topological polar surface area (TPSA) is 34.2 Å². The molecule has 0 bridgehead atoms. The predicted octanol–water partition coefficient (Wildman–Crippen LogP) is 2.35. The molecule has 0 aliphatic rings. The Labute approximate surface area is 89.5 Å². The van der Waals surface area contributed by atoms with Gasteiger partial charge in [-0.05, 0) is 20.4 Å². The average molecular weight is 214 g/mol. The van der Waals surface area contributed by atoms with Gasteiger partial charge in [0.1, 0.15) is 11.1 Å². The van der Waals surface area contributed by atoms with E-state index in [1.54, 1.807) is 11.3 Å². The van der Waals surface area contributed by atoms with Crippen LogP contribution in [-0.4, -0.2) is 18.1 Å². The molecule has 1 aromatic heterocycles. The summed E-state index contributed by atoms with van der Waals surface area (Å²) in [5, 5.41) is 4.35. The van der Waals surface area contributed by atoms with Crippen LogP contribution in [0.3, 0.4) is 0 Å². The smallest absolute Gasteiger partial charge is 0.121 e. The first-order chi connectivity index (χ1) is 6.77. The van der Waals surface area contributed by atoms with Crippen molar-refractivity contribution in [3.63, 3.8) is 0 Å². The Balaban J connectivity index is 2.49. The molecule has 1 heterocycles. The number of ether oxygens (including phenoxy) is 1. The minimum Gasteiger partial charge on any atom is -0.372 e. The number of nitrogens with zero attached hydrogens (tertiary/aromatic N) is 1. The van der Waals surface area contributed by atoms with Gasteiger partial charge in [0, 0.05) is 24.2 Å². The van der Waals surface area contributed by atoms with Crippen LogP contribution in [0, 0.1) is 0 Å². The average Bonchev–Trinajstić information content (AvgIpc) is 2.63. The van der Waals surface area contributed by atoms with Crippen LogP contribution in [0.5, 0.6) is 0 Å². The largest absolute Gasteiger partial charge is 0.372 e. The molecule has 1 N–H and O–H groups in total. The van der Waals surface area contributed by atoms with Gasteiger partial charge in [-0.15, -0.1) is 11.3 Å². The second-order valence-corrected chi connectivity index (χ2v) is 4.19. The van der Waals surface area contributed by atoms with E-state index < -0.39 is 0 Å². The molecule has 0 saturated heterocycles. The van der Waals surface area contributed by atoms with Crippen molar-refractivity contribution in [3.8, 4) is 0 Å². The predicted molar refractivity (Wildman–Crippen MR) is 59.5 cm³/mol. The number of hydrogen-bond acceptors (Lipinski definition) is 4. The van der Waals surface area contributed by atoms with Crippen molar-refractivity contribution in [2.75, 3.05) is 13.2 Å². The first-order valence-corrected chi connectivity index (χ1v) is 5.86. The molecule has 1 unspecified atom stereocenters.